The Morgan fingerprint density at radius 2 is 2.04 bits per heavy atom. The van der Waals surface area contributed by atoms with Crippen molar-refractivity contribution in [1.82, 2.24) is 19.7 Å². The van der Waals surface area contributed by atoms with Gasteiger partial charge in [-0.15, -0.1) is 21.5 Å². The highest BCUT2D eigenvalue weighted by molar-refractivity contribution is 7.98. The van der Waals surface area contributed by atoms with Crippen molar-refractivity contribution in [1.29, 1.82) is 0 Å². The number of aryl methyl sites for hydroxylation is 1. The third kappa shape index (κ3) is 2.88. The van der Waals surface area contributed by atoms with Crippen LogP contribution in [0.1, 0.15) is 11.5 Å². The molecule has 0 radical (unpaired) electrons. The summed E-state index contributed by atoms with van der Waals surface area (Å²) in [4.78, 5) is 4.33. The Bertz CT molecular complexity index is 929. The monoisotopic (exact) mass is 354 g/mol. The van der Waals surface area contributed by atoms with Crippen LogP contribution in [0.4, 0.5) is 0 Å². The highest BCUT2D eigenvalue weighted by atomic mass is 32.2. The van der Waals surface area contributed by atoms with E-state index in [2.05, 4.69) is 37.3 Å². The maximum Gasteiger partial charge on any atom is 0.196 e. The number of furan rings is 1. The van der Waals surface area contributed by atoms with Gasteiger partial charge >= 0.3 is 0 Å². The zero-order valence-electron chi connectivity index (χ0n) is 12.9. The number of para-hydroxylation sites is 1. The lowest BCUT2D eigenvalue weighted by Gasteiger charge is -2.09. The lowest BCUT2D eigenvalue weighted by Crippen LogP contribution is -1.99. The number of aromatic nitrogens is 4. The topological polar surface area (TPSA) is 56.7 Å². The van der Waals surface area contributed by atoms with E-state index in [4.69, 9.17) is 4.42 Å². The van der Waals surface area contributed by atoms with Crippen LogP contribution in [0.15, 0.2) is 63.1 Å². The normalized spacial score (nSPS) is 11.0. The summed E-state index contributed by atoms with van der Waals surface area (Å²) in [6, 6.07) is 12.0. The summed E-state index contributed by atoms with van der Waals surface area (Å²) in [5.41, 5.74) is 4.87. The molecule has 0 aliphatic rings. The fourth-order valence-electron chi connectivity index (χ4n) is 2.41. The molecule has 4 aromatic rings. The highest BCUT2D eigenvalue weighted by Crippen LogP contribution is 2.31. The lowest BCUT2D eigenvalue weighted by atomic mass is 10.2. The van der Waals surface area contributed by atoms with Gasteiger partial charge in [-0.2, -0.15) is 0 Å². The minimum atomic E-state index is 0.763. The van der Waals surface area contributed by atoms with Crippen molar-refractivity contribution in [2.75, 3.05) is 0 Å². The van der Waals surface area contributed by atoms with Gasteiger partial charge in [0.2, 0.25) is 0 Å². The summed E-state index contributed by atoms with van der Waals surface area (Å²) >= 11 is 3.23. The molecular weight excluding hydrogens is 340 g/mol. The third-order valence-corrected chi connectivity index (χ3v) is 5.18. The van der Waals surface area contributed by atoms with Gasteiger partial charge in [0, 0.05) is 16.8 Å². The van der Waals surface area contributed by atoms with E-state index in [-0.39, 0.29) is 0 Å². The van der Waals surface area contributed by atoms with Crippen molar-refractivity contribution >= 4 is 23.1 Å². The Morgan fingerprint density at radius 1 is 1.17 bits per heavy atom. The molecule has 120 valence electrons. The first-order valence-corrected chi connectivity index (χ1v) is 9.31. The third-order valence-electron chi connectivity index (χ3n) is 3.58. The number of thiazole rings is 1. The fourth-order valence-corrected chi connectivity index (χ4v) is 3.93. The first-order chi connectivity index (χ1) is 11.8. The van der Waals surface area contributed by atoms with Gasteiger partial charge < -0.3 is 4.42 Å². The van der Waals surface area contributed by atoms with E-state index in [0.717, 1.165) is 39.4 Å². The molecule has 5 nitrogen and oxygen atoms in total. The van der Waals surface area contributed by atoms with E-state index in [1.165, 1.54) is 0 Å². The van der Waals surface area contributed by atoms with Crippen molar-refractivity contribution in [3.63, 3.8) is 0 Å². The molecule has 3 aromatic heterocycles. The molecule has 0 saturated carbocycles. The van der Waals surface area contributed by atoms with Gasteiger partial charge in [-0.3, -0.25) is 4.57 Å². The first kappa shape index (κ1) is 15.2. The molecule has 0 spiro atoms. The standard InChI is InChI=1S/C17H14N4OS2/c1-12-15(7-8-22-12)16-19-20-17(24-10-13-9-23-11-18-13)21(16)14-5-3-2-4-6-14/h2-9,11H,10H2,1H3. The Morgan fingerprint density at radius 3 is 2.75 bits per heavy atom. The molecule has 0 unspecified atom stereocenters. The zero-order valence-corrected chi connectivity index (χ0v) is 14.5. The number of benzene rings is 1. The van der Waals surface area contributed by atoms with E-state index in [1.54, 1.807) is 29.4 Å². The molecule has 1 aromatic carbocycles. The summed E-state index contributed by atoms with van der Waals surface area (Å²) in [5, 5.41) is 11.7. The summed E-state index contributed by atoms with van der Waals surface area (Å²) in [6.07, 6.45) is 1.68. The van der Waals surface area contributed by atoms with Crippen molar-refractivity contribution in [3.05, 3.63) is 65.0 Å². The molecule has 0 N–H and O–H groups in total. The van der Waals surface area contributed by atoms with E-state index >= 15 is 0 Å². The molecule has 0 saturated heterocycles. The van der Waals surface area contributed by atoms with Crippen LogP contribution in [0.3, 0.4) is 0 Å². The van der Waals surface area contributed by atoms with Crippen molar-refractivity contribution in [2.45, 2.75) is 17.8 Å². The van der Waals surface area contributed by atoms with Crippen molar-refractivity contribution < 1.29 is 4.42 Å². The number of hydrogen-bond acceptors (Lipinski definition) is 6. The maximum absolute atomic E-state index is 5.44. The molecule has 0 fully saturated rings. The molecule has 24 heavy (non-hydrogen) atoms. The minimum absolute atomic E-state index is 0.763. The molecule has 7 heteroatoms. The second kappa shape index (κ2) is 6.62. The molecule has 0 bridgehead atoms. The average molecular weight is 354 g/mol. The van der Waals surface area contributed by atoms with E-state index in [1.807, 2.05) is 36.7 Å². The van der Waals surface area contributed by atoms with E-state index in [9.17, 15) is 0 Å². The summed E-state index contributed by atoms with van der Waals surface area (Å²) in [6.45, 7) is 1.93. The molecule has 0 amide bonds. The van der Waals surface area contributed by atoms with Crippen molar-refractivity contribution in [3.8, 4) is 17.1 Å². The lowest BCUT2D eigenvalue weighted by molar-refractivity contribution is 0.535. The zero-order chi connectivity index (χ0) is 16.4. The molecular formula is C17H14N4OS2. The van der Waals surface area contributed by atoms with Gasteiger partial charge in [0.25, 0.3) is 0 Å². The van der Waals surface area contributed by atoms with Crippen LogP contribution in [0.5, 0.6) is 0 Å². The molecule has 3 heterocycles. The van der Waals surface area contributed by atoms with Gasteiger partial charge in [0.15, 0.2) is 11.0 Å². The Hall–Kier alpha value is -2.38. The quantitative estimate of drug-likeness (QED) is 0.491. The second-order valence-corrected chi connectivity index (χ2v) is 6.80. The van der Waals surface area contributed by atoms with Crippen LogP contribution in [0.25, 0.3) is 17.1 Å². The molecule has 0 aliphatic carbocycles. The largest absolute Gasteiger partial charge is 0.469 e. The predicted molar refractivity (Wildman–Crippen MR) is 95.5 cm³/mol. The molecule has 0 aliphatic heterocycles. The van der Waals surface area contributed by atoms with Crippen LogP contribution in [0, 0.1) is 6.92 Å². The summed E-state index contributed by atoms with van der Waals surface area (Å²) < 4.78 is 7.51. The summed E-state index contributed by atoms with van der Waals surface area (Å²) in [7, 11) is 0. The van der Waals surface area contributed by atoms with Crippen LogP contribution in [-0.2, 0) is 5.75 Å². The Balaban J connectivity index is 1.76. The number of hydrogen-bond donors (Lipinski definition) is 0. The van der Waals surface area contributed by atoms with E-state index < -0.39 is 0 Å². The van der Waals surface area contributed by atoms with Gasteiger partial charge in [-0.25, -0.2) is 4.98 Å². The second-order valence-electron chi connectivity index (χ2n) is 5.14. The van der Waals surface area contributed by atoms with E-state index in [0.29, 0.717) is 0 Å². The van der Waals surface area contributed by atoms with Crippen LogP contribution in [0.2, 0.25) is 0 Å². The smallest absolute Gasteiger partial charge is 0.196 e. The van der Waals surface area contributed by atoms with Crippen LogP contribution in [-0.4, -0.2) is 19.7 Å². The van der Waals surface area contributed by atoms with Crippen LogP contribution < -0.4 is 0 Å². The fraction of sp³-hybridized carbons (Fsp3) is 0.118. The Kier molecular flexibility index (Phi) is 4.18. The Labute approximate surface area is 147 Å². The minimum Gasteiger partial charge on any atom is -0.469 e. The molecule has 0 atom stereocenters. The number of nitrogens with zero attached hydrogens (tertiary/aromatic N) is 4. The summed E-state index contributed by atoms with van der Waals surface area (Å²) in [5.74, 6) is 2.38. The predicted octanol–water partition coefficient (Wildman–Crippen LogP) is 4.58. The van der Waals surface area contributed by atoms with Crippen molar-refractivity contribution in [2.24, 2.45) is 0 Å². The molecule has 4 rings (SSSR count). The maximum atomic E-state index is 5.44. The van der Waals surface area contributed by atoms with Gasteiger partial charge in [0.05, 0.1) is 23.0 Å². The highest BCUT2D eigenvalue weighted by Gasteiger charge is 2.18. The number of rotatable bonds is 5. The van der Waals surface area contributed by atoms with Gasteiger partial charge in [-0.05, 0) is 25.1 Å². The SMILES string of the molecule is Cc1occc1-c1nnc(SCc2cscn2)n1-c1ccccc1. The van der Waals surface area contributed by atoms with Crippen LogP contribution >= 0.6 is 23.1 Å². The van der Waals surface area contributed by atoms with Gasteiger partial charge in [0.1, 0.15) is 5.76 Å². The first-order valence-electron chi connectivity index (χ1n) is 7.38. The number of thioether (sulfide) groups is 1. The van der Waals surface area contributed by atoms with Gasteiger partial charge in [-0.1, -0.05) is 30.0 Å². The average Bonchev–Trinajstić information content (AvgIpc) is 3.34.